The Labute approximate surface area is 147 Å². The van der Waals surface area contributed by atoms with Crippen LogP contribution in [-0.4, -0.2) is 24.5 Å². The molecule has 0 saturated carbocycles. The van der Waals surface area contributed by atoms with Crippen LogP contribution in [0.1, 0.15) is 24.5 Å². The lowest BCUT2D eigenvalue weighted by Crippen LogP contribution is -2.35. The van der Waals surface area contributed by atoms with Crippen molar-refractivity contribution >= 4 is 23.2 Å². The van der Waals surface area contributed by atoms with Crippen LogP contribution in [0.3, 0.4) is 0 Å². The fourth-order valence-electron chi connectivity index (χ4n) is 3.15. The fourth-order valence-corrected chi connectivity index (χ4v) is 3.15. The van der Waals surface area contributed by atoms with Gasteiger partial charge >= 0.3 is 0 Å². The van der Waals surface area contributed by atoms with Gasteiger partial charge in [-0.3, -0.25) is 9.59 Å². The van der Waals surface area contributed by atoms with Crippen LogP contribution in [-0.2, 0) is 9.59 Å². The topological polar surface area (TPSA) is 58.6 Å². The van der Waals surface area contributed by atoms with Crippen molar-refractivity contribution in [1.82, 2.24) is 0 Å². The molecular formula is C20H22N2O3. The molecule has 1 atom stereocenters. The average molecular weight is 338 g/mol. The van der Waals surface area contributed by atoms with Crippen molar-refractivity contribution in [3.05, 3.63) is 53.6 Å². The zero-order valence-corrected chi connectivity index (χ0v) is 14.7. The first-order chi connectivity index (χ1) is 12.0. The minimum absolute atomic E-state index is 0.153. The number of rotatable bonds is 5. The van der Waals surface area contributed by atoms with Crippen LogP contribution in [0.2, 0.25) is 0 Å². The number of hydrogen-bond donors (Lipinski definition) is 1. The van der Waals surface area contributed by atoms with Gasteiger partial charge in [0, 0.05) is 5.69 Å². The third-order valence-corrected chi connectivity index (χ3v) is 4.32. The van der Waals surface area contributed by atoms with Crippen LogP contribution in [0.25, 0.3) is 0 Å². The van der Waals surface area contributed by atoms with E-state index in [0.717, 1.165) is 22.6 Å². The number of anilines is 2. The third-order valence-electron chi connectivity index (χ3n) is 4.32. The van der Waals surface area contributed by atoms with E-state index in [1.165, 1.54) is 4.90 Å². The second kappa shape index (κ2) is 6.97. The molecule has 1 saturated heterocycles. The van der Waals surface area contributed by atoms with Crippen LogP contribution in [0.5, 0.6) is 5.75 Å². The molecule has 2 aromatic rings. The van der Waals surface area contributed by atoms with E-state index in [1.54, 1.807) is 0 Å². The molecule has 1 aliphatic rings. The molecule has 1 N–H and O–H groups in total. The summed E-state index contributed by atoms with van der Waals surface area (Å²) >= 11 is 0. The van der Waals surface area contributed by atoms with Crippen LogP contribution in [0.4, 0.5) is 11.4 Å². The maximum Gasteiger partial charge on any atom is 0.256 e. The minimum Gasteiger partial charge on any atom is -0.494 e. The summed E-state index contributed by atoms with van der Waals surface area (Å²) in [5.74, 6) is 0.390. The van der Waals surface area contributed by atoms with Crippen molar-refractivity contribution in [2.45, 2.75) is 33.2 Å². The summed E-state index contributed by atoms with van der Waals surface area (Å²) in [5.41, 5.74) is 3.33. The maximum absolute atomic E-state index is 12.8. The predicted molar refractivity (Wildman–Crippen MR) is 98.0 cm³/mol. The Bertz CT molecular complexity index is 779. The van der Waals surface area contributed by atoms with E-state index >= 15 is 0 Å². The number of aryl methyl sites for hydroxylation is 2. The quantitative estimate of drug-likeness (QED) is 0.849. The lowest BCUT2D eigenvalue weighted by atomic mass is 10.1. The Morgan fingerprint density at radius 1 is 1.08 bits per heavy atom. The summed E-state index contributed by atoms with van der Waals surface area (Å²) in [5, 5.41) is 3.16. The van der Waals surface area contributed by atoms with Crippen LogP contribution < -0.4 is 15.0 Å². The minimum atomic E-state index is -0.551. The number of imide groups is 1. The van der Waals surface area contributed by atoms with Gasteiger partial charge in [-0.05, 0) is 56.2 Å². The first kappa shape index (κ1) is 17.0. The van der Waals surface area contributed by atoms with Crippen LogP contribution >= 0.6 is 0 Å². The Balaban J connectivity index is 1.79. The van der Waals surface area contributed by atoms with E-state index in [0.29, 0.717) is 12.3 Å². The summed E-state index contributed by atoms with van der Waals surface area (Å²) in [6.45, 7) is 6.36. The summed E-state index contributed by atoms with van der Waals surface area (Å²) < 4.78 is 5.41. The van der Waals surface area contributed by atoms with E-state index in [9.17, 15) is 9.59 Å². The molecule has 3 rings (SSSR count). The highest BCUT2D eigenvalue weighted by Crippen LogP contribution is 2.30. The third kappa shape index (κ3) is 3.36. The molecule has 1 heterocycles. The van der Waals surface area contributed by atoms with Gasteiger partial charge in [-0.1, -0.05) is 18.2 Å². The molecule has 1 fully saturated rings. The van der Waals surface area contributed by atoms with Crippen molar-refractivity contribution in [3.63, 3.8) is 0 Å². The van der Waals surface area contributed by atoms with Crippen LogP contribution in [0.15, 0.2) is 42.5 Å². The monoisotopic (exact) mass is 338 g/mol. The Morgan fingerprint density at radius 3 is 2.32 bits per heavy atom. The molecule has 0 radical (unpaired) electrons. The molecule has 0 unspecified atom stereocenters. The lowest BCUT2D eigenvalue weighted by Gasteiger charge is -2.20. The molecule has 25 heavy (non-hydrogen) atoms. The largest absolute Gasteiger partial charge is 0.494 e. The van der Waals surface area contributed by atoms with Crippen molar-refractivity contribution < 1.29 is 14.3 Å². The van der Waals surface area contributed by atoms with Crippen molar-refractivity contribution in [2.24, 2.45) is 0 Å². The molecule has 130 valence electrons. The van der Waals surface area contributed by atoms with Gasteiger partial charge < -0.3 is 10.1 Å². The molecule has 2 aromatic carbocycles. The molecule has 0 bridgehead atoms. The van der Waals surface area contributed by atoms with Gasteiger partial charge in [0.15, 0.2) is 0 Å². The molecule has 0 aromatic heterocycles. The first-order valence-electron chi connectivity index (χ1n) is 8.43. The van der Waals surface area contributed by atoms with Gasteiger partial charge in [-0.25, -0.2) is 4.90 Å². The average Bonchev–Trinajstić information content (AvgIpc) is 2.84. The Hall–Kier alpha value is -2.82. The Kier molecular flexibility index (Phi) is 4.74. The molecular weight excluding hydrogens is 316 g/mol. The predicted octanol–water partition coefficient (Wildman–Crippen LogP) is 3.45. The highest BCUT2D eigenvalue weighted by atomic mass is 16.5. The first-order valence-corrected chi connectivity index (χ1v) is 8.43. The van der Waals surface area contributed by atoms with Gasteiger partial charge in [-0.2, -0.15) is 0 Å². The summed E-state index contributed by atoms with van der Waals surface area (Å²) in [6, 6.07) is 12.6. The number of nitrogens with one attached hydrogen (secondary N) is 1. The van der Waals surface area contributed by atoms with Gasteiger partial charge in [0.05, 0.1) is 18.7 Å². The van der Waals surface area contributed by atoms with E-state index in [1.807, 2.05) is 63.2 Å². The Morgan fingerprint density at radius 2 is 1.72 bits per heavy atom. The van der Waals surface area contributed by atoms with Crippen LogP contribution in [0, 0.1) is 13.8 Å². The van der Waals surface area contributed by atoms with Gasteiger partial charge in [-0.15, -0.1) is 0 Å². The van der Waals surface area contributed by atoms with Crippen molar-refractivity contribution in [2.75, 3.05) is 16.8 Å². The summed E-state index contributed by atoms with van der Waals surface area (Å²) in [6.07, 6.45) is 0.153. The number of para-hydroxylation sites is 1. The fraction of sp³-hybridized carbons (Fsp3) is 0.300. The maximum atomic E-state index is 12.8. The normalized spacial score (nSPS) is 17.1. The van der Waals surface area contributed by atoms with Gasteiger partial charge in [0.2, 0.25) is 5.91 Å². The SMILES string of the molecule is CCOc1ccc(N[C@H]2CC(=O)N(c3c(C)cccc3C)C2=O)cc1. The summed E-state index contributed by atoms with van der Waals surface area (Å²) in [7, 11) is 0. The number of ether oxygens (including phenoxy) is 1. The number of nitrogens with zero attached hydrogens (tertiary/aromatic N) is 1. The zero-order chi connectivity index (χ0) is 18.0. The molecule has 0 spiro atoms. The number of carbonyl (C=O) groups is 2. The van der Waals surface area contributed by atoms with E-state index in [4.69, 9.17) is 4.74 Å². The number of benzene rings is 2. The smallest absolute Gasteiger partial charge is 0.256 e. The van der Waals surface area contributed by atoms with E-state index < -0.39 is 6.04 Å². The molecule has 5 heteroatoms. The van der Waals surface area contributed by atoms with Gasteiger partial charge in [0.25, 0.3) is 5.91 Å². The van der Waals surface area contributed by atoms with Gasteiger partial charge in [0.1, 0.15) is 11.8 Å². The second-order valence-corrected chi connectivity index (χ2v) is 6.17. The number of carbonyl (C=O) groups excluding carboxylic acids is 2. The molecule has 0 aliphatic carbocycles. The number of hydrogen-bond acceptors (Lipinski definition) is 4. The standard InChI is InChI=1S/C20H22N2O3/c1-4-25-16-10-8-15(9-11-16)21-17-12-18(23)22(20(17)24)19-13(2)6-5-7-14(19)3/h5-11,17,21H,4,12H2,1-3H3/t17-/m0/s1. The molecule has 2 amide bonds. The highest BCUT2D eigenvalue weighted by Gasteiger charge is 2.40. The lowest BCUT2D eigenvalue weighted by molar-refractivity contribution is -0.121. The van der Waals surface area contributed by atoms with Crippen molar-refractivity contribution in [3.8, 4) is 5.75 Å². The summed E-state index contributed by atoms with van der Waals surface area (Å²) in [4.78, 5) is 26.6. The molecule has 5 nitrogen and oxygen atoms in total. The second-order valence-electron chi connectivity index (χ2n) is 6.17. The van der Waals surface area contributed by atoms with Crippen molar-refractivity contribution in [1.29, 1.82) is 0 Å². The van der Waals surface area contributed by atoms with E-state index in [2.05, 4.69) is 5.32 Å². The number of amides is 2. The zero-order valence-electron chi connectivity index (χ0n) is 14.7. The van der Waals surface area contributed by atoms with E-state index in [-0.39, 0.29) is 18.2 Å². The highest BCUT2D eigenvalue weighted by molar-refractivity contribution is 6.23. The molecule has 1 aliphatic heterocycles.